The Hall–Kier alpha value is -3.67. The van der Waals surface area contributed by atoms with E-state index in [0.717, 1.165) is 47.5 Å². The first-order valence-electron chi connectivity index (χ1n) is 10.8. The van der Waals surface area contributed by atoms with E-state index in [9.17, 15) is 9.59 Å². The van der Waals surface area contributed by atoms with E-state index < -0.39 is 5.91 Å². The van der Waals surface area contributed by atoms with E-state index in [4.69, 9.17) is 10.5 Å². The first kappa shape index (κ1) is 21.6. The van der Waals surface area contributed by atoms with Gasteiger partial charge in [0.05, 0.1) is 18.8 Å². The third kappa shape index (κ3) is 4.64. The number of para-hydroxylation sites is 1. The number of primary amides is 1. The molecule has 0 aliphatic carbocycles. The number of hydrogen-bond acceptors (Lipinski definition) is 4. The Bertz CT molecular complexity index is 1110. The summed E-state index contributed by atoms with van der Waals surface area (Å²) in [5, 5.41) is 0. The number of aromatic nitrogens is 1. The van der Waals surface area contributed by atoms with Crippen molar-refractivity contribution in [3.05, 3.63) is 83.7 Å². The summed E-state index contributed by atoms with van der Waals surface area (Å²) in [7, 11) is 1.65. The van der Waals surface area contributed by atoms with Gasteiger partial charge >= 0.3 is 0 Å². The minimum Gasteiger partial charge on any atom is -0.496 e. The maximum Gasteiger partial charge on any atom is 0.248 e. The maximum absolute atomic E-state index is 13.0. The molecule has 0 unspecified atom stereocenters. The van der Waals surface area contributed by atoms with Crippen LogP contribution in [0, 0.1) is 0 Å². The monoisotopic (exact) mass is 429 g/mol. The molecule has 0 spiro atoms. The maximum atomic E-state index is 13.0. The molecule has 4 rings (SSSR count). The zero-order valence-electron chi connectivity index (χ0n) is 18.2. The Balaban J connectivity index is 1.45. The van der Waals surface area contributed by atoms with Gasteiger partial charge in [-0.05, 0) is 54.7 Å². The summed E-state index contributed by atoms with van der Waals surface area (Å²) < 4.78 is 5.40. The highest BCUT2D eigenvalue weighted by Crippen LogP contribution is 2.33. The van der Waals surface area contributed by atoms with Crippen LogP contribution in [0.2, 0.25) is 0 Å². The van der Waals surface area contributed by atoms with Crippen LogP contribution < -0.4 is 10.5 Å². The molecule has 1 fully saturated rings. The molecule has 1 aliphatic rings. The van der Waals surface area contributed by atoms with Crippen molar-refractivity contribution in [1.82, 2.24) is 9.88 Å². The number of carbonyl (C=O) groups excluding carboxylic acids is 2. The fraction of sp³-hybridized carbons (Fsp3) is 0.269. The minimum atomic E-state index is -0.454. The number of pyridine rings is 1. The molecule has 1 saturated heterocycles. The lowest BCUT2D eigenvalue weighted by Gasteiger charge is -2.24. The number of nitrogens with zero attached hydrogens (tertiary/aromatic N) is 2. The summed E-state index contributed by atoms with van der Waals surface area (Å²) >= 11 is 0. The van der Waals surface area contributed by atoms with E-state index in [2.05, 4.69) is 4.98 Å². The van der Waals surface area contributed by atoms with Gasteiger partial charge in [-0.2, -0.15) is 0 Å². The number of rotatable bonds is 7. The summed E-state index contributed by atoms with van der Waals surface area (Å²) in [6.07, 6.45) is 4.76. The molecule has 2 heterocycles. The van der Waals surface area contributed by atoms with Crippen molar-refractivity contribution in [3.63, 3.8) is 0 Å². The lowest BCUT2D eigenvalue weighted by atomic mass is 10.0. The van der Waals surface area contributed by atoms with E-state index >= 15 is 0 Å². The molecule has 6 heteroatoms. The number of nitrogens with two attached hydrogens (primary N) is 1. The van der Waals surface area contributed by atoms with Crippen molar-refractivity contribution in [3.8, 4) is 16.9 Å². The summed E-state index contributed by atoms with van der Waals surface area (Å²) in [6.45, 7) is 0.750. The van der Waals surface area contributed by atoms with Gasteiger partial charge in [0, 0.05) is 30.3 Å². The second-order valence-electron chi connectivity index (χ2n) is 7.97. The number of hydrogen-bond donors (Lipinski definition) is 1. The normalized spacial score (nSPS) is 15.5. The van der Waals surface area contributed by atoms with Crippen LogP contribution in [-0.2, 0) is 11.2 Å². The van der Waals surface area contributed by atoms with Crippen molar-refractivity contribution >= 4 is 11.8 Å². The van der Waals surface area contributed by atoms with Crippen LogP contribution >= 0.6 is 0 Å². The summed E-state index contributed by atoms with van der Waals surface area (Å²) in [6, 6.07) is 19.0. The smallest absolute Gasteiger partial charge is 0.248 e. The molecule has 2 N–H and O–H groups in total. The first-order valence-corrected chi connectivity index (χ1v) is 10.8. The van der Waals surface area contributed by atoms with E-state index in [0.29, 0.717) is 18.4 Å². The topological polar surface area (TPSA) is 85.5 Å². The lowest BCUT2D eigenvalue weighted by molar-refractivity contribution is -0.132. The molecule has 6 nitrogen and oxygen atoms in total. The Morgan fingerprint density at radius 2 is 1.94 bits per heavy atom. The number of amides is 2. The van der Waals surface area contributed by atoms with Gasteiger partial charge in [0.1, 0.15) is 5.75 Å². The molecule has 32 heavy (non-hydrogen) atoms. The van der Waals surface area contributed by atoms with Gasteiger partial charge in [0.15, 0.2) is 0 Å². The number of benzene rings is 2. The molecule has 0 saturated carbocycles. The molecular formula is C26H27N3O3. The van der Waals surface area contributed by atoms with Crippen LogP contribution in [0.5, 0.6) is 5.75 Å². The molecule has 0 bridgehead atoms. The van der Waals surface area contributed by atoms with Crippen molar-refractivity contribution in [2.45, 2.75) is 31.7 Å². The first-order chi connectivity index (χ1) is 15.6. The number of likely N-dealkylation sites (tertiary alicyclic amines) is 1. The molecular weight excluding hydrogens is 402 g/mol. The van der Waals surface area contributed by atoms with Gasteiger partial charge in [-0.1, -0.05) is 36.4 Å². The molecule has 1 atom stereocenters. The molecule has 3 aromatic rings. The van der Waals surface area contributed by atoms with Crippen LogP contribution in [0.4, 0.5) is 0 Å². The highest BCUT2D eigenvalue weighted by molar-refractivity contribution is 5.94. The van der Waals surface area contributed by atoms with Gasteiger partial charge < -0.3 is 15.4 Å². The predicted octanol–water partition coefficient (Wildman–Crippen LogP) is 4.15. The highest BCUT2D eigenvalue weighted by Gasteiger charge is 2.30. The number of aryl methyl sites for hydroxylation is 1. The average Bonchev–Trinajstić information content (AvgIpc) is 3.33. The molecule has 164 valence electrons. The lowest BCUT2D eigenvalue weighted by Crippen LogP contribution is -2.31. The molecule has 2 amide bonds. The second kappa shape index (κ2) is 9.64. The zero-order chi connectivity index (χ0) is 22.5. The van der Waals surface area contributed by atoms with Gasteiger partial charge in [0.2, 0.25) is 11.8 Å². The van der Waals surface area contributed by atoms with Crippen molar-refractivity contribution in [1.29, 1.82) is 0 Å². The van der Waals surface area contributed by atoms with Gasteiger partial charge in [-0.25, -0.2) is 0 Å². The molecule has 1 aliphatic heterocycles. The van der Waals surface area contributed by atoms with Crippen molar-refractivity contribution < 1.29 is 14.3 Å². The van der Waals surface area contributed by atoms with Gasteiger partial charge in [-0.3, -0.25) is 14.6 Å². The van der Waals surface area contributed by atoms with E-state index in [-0.39, 0.29) is 11.9 Å². The molecule has 2 aromatic carbocycles. The van der Waals surface area contributed by atoms with Crippen molar-refractivity contribution in [2.24, 2.45) is 5.73 Å². The van der Waals surface area contributed by atoms with Crippen LogP contribution in [0.3, 0.4) is 0 Å². The third-order valence-corrected chi connectivity index (χ3v) is 5.98. The summed E-state index contributed by atoms with van der Waals surface area (Å²) in [5.74, 6) is 0.499. The Morgan fingerprint density at radius 3 is 2.69 bits per heavy atom. The largest absolute Gasteiger partial charge is 0.496 e. The SMILES string of the molecule is COc1ccccc1CCC(=O)N1CCC[C@H]1c1ccc(-c2cccc(C(N)=O)c2)cn1. The van der Waals surface area contributed by atoms with E-state index in [1.54, 1.807) is 25.4 Å². The third-order valence-electron chi connectivity index (χ3n) is 5.98. The van der Waals surface area contributed by atoms with E-state index in [1.807, 2.05) is 53.4 Å². The van der Waals surface area contributed by atoms with Crippen LogP contribution in [0.15, 0.2) is 66.9 Å². The summed E-state index contributed by atoms with van der Waals surface area (Å²) in [5.41, 5.74) is 9.58. The predicted molar refractivity (Wildman–Crippen MR) is 123 cm³/mol. The fourth-order valence-corrected chi connectivity index (χ4v) is 4.29. The fourth-order valence-electron chi connectivity index (χ4n) is 4.29. The highest BCUT2D eigenvalue weighted by atomic mass is 16.5. The Kier molecular flexibility index (Phi) is 6.50. The standard InChI is InChI=1S/C26H27N3O3/c1-32-24-10-3-2-6-18(24)12-14-25(30)29-15-5-9-23(29)22-13-11-21(17-28-22)19-7-4-8-20(16-19)26(27)31/h2-4,6-8,10-11,13,16-17,23H,5,9,12,14-15H2,1H3,(H2,27,31)/t23-/m0/s1. The van der Waals surface area contributed by atoms with Crippen LogP contribution in [0.1, 0.15) is 46.9 Å². The number of ether oxygens (including phenoxy) is 1. The Labute approximate surface area is 188 Å². The number of carbonyl (C=O) groups is 2. The minimum absolute atomic E-state index is 0.00817. The molecule has 1 aromatic heterocycles. The van der Waals surface area contributed by atoms with Crippen LogP contribution in [0.25, 0.3) is 11.1 Å². The van der Waals surface area contributed by atoms with Crippen molar-refractivity contribution in [2.75, 3.05) is 13.7 Å². The quantitative estimate of drug-likeness (QED) is 0.611. The van der Waals surface area contributed by atoms with Gasteiger partial charge in [-0.15, -0.1) is 0 Å². The van der Waals surface area contributed by atoms with E-state index in [1.165, 1.54) is 0 Å². The Morgan fingerprint density at radius 1 is 1.09 bits per heavy atom. The van der Waals surface area contributed by atoms with Gasteiger partial charge in [0.25, 0.3) is 0 Å². The number of methoxy groups -OCH3 is 1. The molecule has 0 radical (unpaired) electrons. The second-order valence-corrected chi connectivity index (χ2v) is 7.97. The van der Waals surface area contributed by atoms with Crippen LogP contribution in [-0.4, -0.2) is 35.4 Å². The summed E-state index contributed by atoms with van der Waals surface area (Å²) in [4.78, 5) is 31.1. The average molecular weight is 430 g/mol. The zero-order valence-corrected chi connectivity index (χ0v) is 18.2.